The first kappa shape index (κ1) is 18.3. The Hall–Kier alpha value is -3.73. The second-order valence-electron chi connectivity index (χ2n) is 7.48. The smallest absolute Gasteiger partial charge is 0.296 e. The molecule has 0 aliphatic carbocycles. The lowest BCUT2D eigenvalue weighted by atomic mass is 9.97. The van der Waals surface area contributed by atoms with Crippen LogP contribution in [0.3, 0.4) is 0 Å². The summed E-state index contributed by atoms with van der Waals surface area (Å²) in [5.74, 6) is 0.238. The maximum atomic E-state index is 13.5. The Morgan fingerprint density at radius 3 is 2.47 bits per heavy atom. The van der Waals surface area contributed by atoms with E-state index >= 15 is 0 Å². The molecule has 5 nitrogen and oxygen atoms in total. The van der Waals surface area contributed by atoms with Gasteiger partial charge in [-0.3, -0.25) is 14.5 Å². The van der Waals surface area contributed by atoms with E-state index in [9.17, 15) is 9.59 Å². The highest BCUT2D eigenvalue weighted by Gasteiger charge is 2.44. The lowest BCUT2D eigenvalue weighted by Crippen LogP contribution is -2.30. The van der Waals surface area contributed by atoms with Crippen molar-refractivity contribution in [2.45, 2.75) is 26.3 Å². The predicted molar refractivity (Wildman–Crippen MR) is 116 cm³/mol. The normalized spacial score (nSPS) is 15.6. The number of hydrogen-bond acceptors (Lipinski definition) is 4. The van der Waals surface area contributed by atoms with Crippen molar-refractivity contribution < 1.29 is 9.21 Å². The number of nitrogens with zero attached hydrogens (tertiary/aromatic N) is 2. The van der Waals surface area contributed by atoms with Crippen LogP contribution in [0, 0.1) is 6.92 Å². The number of carbonyl (C=O) groups excluding carboxylic acids is 1. The summed E-state index contributed by atoms with van der Waals surface area (Å²) >= 11 is 0. The van der Waals surface area contributed by atoms with Crippen molar-refractivity contribution in [3.05, 3.63) is 105 Å². The van der Waals surface area contributed by atoms with Crippen molar-refractivity contribution in [2.75, 3.05) is 4.90 Å². The number of para-hydroxylation sites is 1. The number of pyridine rings is 1. The third-order valence-electron chi connectivity index (χ3n) is 5.60. The van der Waals surface area contributed by atoms with Crippen molar-refractivity contribution >= 4 is 22.7 Å². The third kappa shape index (κ3) is 2.74. The van der Waals surface area contributed by atoms with Gasteiger partial charge in [0.15, 0.2) is 5.43 Å². The Kier molecular flexibility index (Phi) is 4.24. The molecule has 0 fully saturated rings. The second-order valence-corrected chi connectivity index (χ2v) is 7.48. The van der Waals surface area contributed by atoms with Gasteiger partial charge in [-0.2, -0.15) is 0 Å². The van der Waals surface area contributed by atoms with Gasteiger partial charge in [0.25, 0.3) is 5.91 Å². The zero-order valence-electron chi connectivity index (χ0n) is 16.8. The highest BCUT2D eigenvalue weighted by molar-refractivity contribution is 6.10. The Morgan fingerprint density at radius 1 is 0.967 bits per heavy atom. The maximum absolute atomic E-state index is 13.5. The lowest BCUT2D eigenvalue weighted by Gasteiger charge is -2.24. The van der Waals surface area contributed by atoms with Gasteiger partial charge in [-0.05, 0) is 48.7 Å². The number of carbonyl (C=O) groups is 1. The molecule has 30 heavy (non-hydrogen) atoms. The van der Waals surface area contributed by atoms with Gasteiger partial charge in [0.05, 0.1) is 17.0 Å². The van der Waals surface area contributed by atoms with Gasteiger partial charge in [0.1, 0.15) is 11.4 Å². The van der Waals surface area contributed by atoms with Gasteiger partial charge in [-0.15, -0.1) is 0 Å². The van der Waals surface area contributed by atoms with Crippen LogP contribution >= 0.6 is 0 Å². The molecule has 0 radical (unpaired) electrons. The Labute approximate surface area is 173 Å². The van der Waals surface area contributed by atoms with E-state index in [0.29, 0.717) is 22.4 Å². The minimum absolute atomic E-state index is 0.0894. The summed E-state index contributed by atoms with van der Waals surface area (Å²) in [4.78, 5) is 33.1. The number of rotatable bonds is 3. The highest BCUT2D eigenvalue weighted by atomic mass is 16.3. The van der Waals surface area contributed by atoms with Crippen LogP contribution in [-0.4, -0.2) is 10.9 Å². The summed E-state index contributed by atoms with van der Waals surface area (Å²) in [6, 6.07) is 20.0. The van der Waals surface area contributed by atoms with Crippen LogP contribution in [-0.2, 0) is 6.42 Å². The molecule has 2 aromatic heterocycles. The first-order chi connectivity index (χ1) is 14.6. The Bertz CT molecular complexity index is 1340. The van der Waals surface area contributed by atoms with Crippen molar-refractivity contribution in [1.82, 2.24) is 4.98 Å². The minimum Gasteiger partial charge on any atom is -0.450 e. The summed E-state index contributed by atoms with van der Waals surface area (Å²) in [5.41, 5.74) is 3.43. The summed E-state index contributed by atoms with van der Waals surface area (Å²) in [6.07, 6.45) is 0.913. The molecule has 1 aliphatic rings. The number of amides is 1. The molecule has 1 amide bonds. The quantitative estimate of drug-likeness (QED) is 0.499. The van der Waals surface area contributed by atoms with Gasteiger partial charge in [-0.1, -0.05) is 49.4 Å². The molecule has 1 atom stereocenters. The molecule has 0 spiro atoms. The van der Waals surface area contributed by atoms with Crippen molar-refractivity contribution in [3.63, 3.8) is 0 Å². The van der Waals surface area contributed by atoms with Crippen LogP contribution in [0.2, 0.25) is 0 Å². The summed E-state index contributed by atoms with van der Waals surface area (Å²) < 4.78 is 5.96. The average molecular weight is 396 g/mol. The van der Waals surface area contributed by atoms with Crippen molar-refractivity contribution in [3.8, 4) is 0 Å². The molecule has 2 aromatic carbocycles. The van der Waals surface area contributed by atoms with Crippen molar-refractivity contribution in [1.29, 1.82) is 0 Å². The fourth-order valence-electron chi connectivity index (χ4n) is 4.07. The van der Waals surface area contributed by atoms with Gasteiger partial charge in [0.2, 0.25) is 5.76 Å². The zero-order chi connectivity index (χ0) is 20.8. The van der Waals surface area contributed by atoms with Crippen LogP contribution in [0.4, 0.5) is 5.82 Å². The average Bonchev–Trinajstić information content (AvgIpc) is 3.06. The van der Waals surface area contributed by atoms with E-state index in [1.807, 2.05) is 43.3 Å². The number of fused-ring (bicyclic) bond motifs is 2. The lowest BCUT2D eigenvalue weighted by molar-refractivity contribution is 0.0970. The van der Waals surface area contributed by atoms with Crippen LogP contribution < -0.4 is 10.3 Å². The molecule has 1 unspecified atom stereocenters. The van der Waals surface area contributed by atoms with E-state index in [4.69, 9.17) is 4.42 Å². The van der Waals surface area contributed by atoms with Crippen LogP contribution in [0.25, 0.3) is 11.0 Å². The summed E-state index contributed by atoms with van der Waals surface area (Å²) in [6.45, 7) is 3.97. The van der Waals surface area contributed by atoms with Crippen LogP contribution in [0.1, 0.15) is 45.9 Å². The molecule has 0 saturated carbocycles. The number of anilines is 1. The SMILES string of the molecule is CCc1ccc(C2c3c(oc4ccccc4c3=O)C(=O)N2c2cccc(C)n2)cc1. The fourth-order valence-corrected chi connectivity index (χ4v) is 4.07. The van der Waals surface area contributed by atoms with Gasteiger partial charge >= 0.3 is 0 Å². The second kappa shape index (κ2) is 6.95. The monoisotopic (exact) mass is 396 g/mol. The summed E-state index contributed by atoms with van der Waals surface area (Å²) in [7, 11) is 0. The van der Waals surface area contributed by atoms with E-state index in [-0.39, 0.29) is 17.1 Å². The molecule has 0 saturated heterocycles. The van der Waals surface area contributed by atoms with E-state index in [1.165, 1.54) is 5.56 Å². The number of hydrogen-bond donors (Lipinski definition) is 0. The summed E-state index contributed by atoms with van der Waals surface area (Å²) in [5, 5.41) is 0.471. The topological polar surface area (TPSA) is 63.4 Å². The molecular formula is C25H20N2O3. The van der Waals surface area contributed by atoms with Gasteiger partial charge < -0.3 is 4.42 Å². The maximum Gasteiger partial charge on any atom is 0.296 e. The molecule has 3 heterocycles. The minimum atomic E-state index is -0.589. The van der Waals surface area contributed by atoms with Crippen LogP contribution in [0.15, 0.2) is 75.9 Å². The molecule has 0 bridgehead atoms. The number of benzene rings is 2. The Balaban J connectivity index is 1.80. The molecule has 5 rings (SSSR count). The number of aryl methyl sites for hydroxylation is 2. The van der Waals surface area contributed by atoms with Crippen LogP contribution in [0.5, 0.6) is 0 Å². The largest absolute Gasteiger partial charge is 0.450 e. The van der Waals surface area contributed by atoms with Gasteiger partial charge in [-0.25, -0.2) is 4.98 Å². The fraction of sp³-hybridized carbons (Fsp3) is 0.160. The highest BCUT2D eigenvalue weighted by Crippen LogP contribution is 2.40. The first-order valence-corrected chi connectivity index (χ1v) is 10.00. The van der Waals surface area contributed by atoms with Gasteiger partial charge in [0, 0.05) is 5.69 Å². The van der Waals surface area contributed by atoms with E-state index in [1.54, 1.807) is 35.2 Å². The zero-order valence-corrected chi connectivity index (χ0v) is 16.8. The third-order valence-corrected chi connectivity index (χ3v) is 5.60. The molecule has 4 aromatic rings. The number of aromatic nitrogens is 1. The molecular weight excluding hydrogens is 376 g/mol. The van der Waals surface area contributed by atoms with E-state index < -0.39 is 6.04 Å². The first-order valence-electron chi connectivity index (χ1n) is 10.00. The molecule has 5 heteroatoms. The van der Waals surface area contributed by atoms with E-state index in [0.717, 1.165) is 17.7 Å². The standard InChI is InChI=1S/C25H20N2O3/c1-3-16-11-13-17(14-12-16)22-21-23(28)18-8-4-5-9-19(18)30-24(21)25(29)27(22)20-10-6-7-15(2)26-20/h4-14,22H,3H2,1-2H3. The molecule has 148 valence electrons. The molecule has 0 N–H and O–H groups in total. The Morgan fingerprint density at radius 2 is 1.73 bits per heavy atom. The molecule has 1 aliphatic heterocycles. The van der Waals surface area contributed by atoms with E-state index in [2.05, 4.69) is 11.9 Å². The predicted octanol–water partition coefficient (Wildman–Crippen LogP) is 4.81. The van der Waals surface area contributed by atoms with Crippen molar-refractivity contribution in [2.24, 2.45) is 0 Å².